The van der Waals surface area contributed by atoms with E-state index in [1.165, 1.54) is 21.8 Å². The van der Waals surface area contributed by atoms with E-state index in [2.05, 4.69) is 137 Å². The van der Waals surface area contributed by atoms with Gasteiger partial charge in [-0.3, -0.25) is 0 Å². The van der Waals surface area contributed by atoms with Gasteiger partial charge in [0.1, 0.15) is 6.07 Å². The topological polar surface area (TPSA) is 57.4 Å². The third kappa shape index (κ3) is 4.14. The van der Waals surface area contributed by atoms with Gasteiger partial charge in [0, 0.05) is 27.1 Å². The minimum Gasteiger partial charge on any atom is -0.309 e. The molecule has 0 aliphatic heterocycles. The Hall–Kier alpha value is -6.88. The average Bonchev–Trinajstić information content (AvgIpc) is 3.67. The summed E-state index contributed by atoms with van der Waals surface area (Å²) in [6.45, 7) is 0. The van der Waals surface area contributed by atoms with Crippen LogP contribution in [0.25, 0.3) is 77.2 Å². The Balaban J connectivity index is 1.23. The quantitative estimate of drug-likeness (QED) is 0.199. The zero-order valence-corrected chi connectivity index (χ0v) is 25.8. The van der Waals surface area contributed by atoms with Crippen LogP contribution >= 0.6 is 0 Å². The first-order valence-corrected chi connectivity index (χ1v) is 15.9. The molecule has 4 heteroatoms. The van der Waals surface area contributed by atoms with Gasteiger partial charge in [-0.05, 0) is 71.3 Å². The number of para-hydroxylation sites is 4. The highest BCUT2D eigenvalue weighted by molar-refractivity contribution is 6.11. The summed E-state index contributed by atoms with van der Waals surface area (Å²) in [4.78, 5) is 0. The smallest absolute Gasteiger partial charge is 0.101 e. The Morgan fingerprint density at radius 1 is 0.375 bits per heavy atom. The Bertz CT molecular complexity index is 2760. The van der Waals surface area contributed by atoms with E-state index in [1.807, 2.05) is 42.5 Å². The van der Waals surface area contributed by atoms with Gasteiger partial charge in [0.15, 0.2) is 0 Å². The maximum absolute atomic E-state index is 10.3. The molecule has 0 amide bonds. The third-order valence-electron chi connectivity index (χ3n) is 9.39. The van der Waals surface area contributed by atoms with Crippen molar-refractivity contribution in [3.05, 3.63) is 169 Å². The van der Waals surface area contributed by atoms with Crippen LogP contribution in [0.1, 0.15) is 11.1 Å². The Morgan fingerprint density at radius 2 is 0.938 bits per heavy atom. The van der Waals surface area contributed by atoms with Crippen molar-refractivity contribution in [3.63, 3.8) is 0 Å². The summed E-state index contributed by atoms with van der Waals surface area (Å²) in [6, 6.07) is 59.0. The number of hydrogen-bond acceptors (Lipinski definition) is 2. The van der Waals surface area contributed by atoms with Gasteiger partial charge in [0.05, 0.1) is 50.6 Å². The molecule has 0 N–H and O–H groups in total. The summed E-state index contributed by atoms with van der Waals surface area (Å²) in [5.41, 5.74) is 11.6. The molecule has 9 rings (SSSR count). The van der Waals surface area contributed by atoms with E-state index in [0.717, 1.165) is 55.4 Å². The minimum absolute atomic E-state index is 0.566. The van der Waals surface area contributed by atoms with E-state index in [1.54, 1.807) is 0 Å². The Kier molecular flexibility index (Phi) is 6.22. The molecule has 0 aliphatic rings. The molecule has 9 aromatic rings. The van der Waals surface area contributed by atoms with Gasteiger partial charge in [-0.15, -0.1) is 0 Å². The van der Waals surface area contributed by atoms with E-state index in [9.17, 15) is 10.5 Å². The second-order valence-electron chi connectivity index (χ2n) is 12.0. The van der Waals surface area contributed by atoms with Crippen molar-refractivity contribution >= 4 is 43.6 Å². The summed E-state index contributed by atoms with van der Waals surface area (Å²) in [6.07, 6.45) is 0. The Morgan fingerprint density at radius 3 is 1.60 bits per heavy atom. The number of nitriles is 2. The van der Waals surface area contributed by atoms with E-state index < -0.39 is 0 Å². The first kappa shape index (κ1) is 27.4. The summed E-state index contributed by atoms with van der Waals surface area (Å²) in [5.74, 6) is 0. The van der Waals surface area contributed by atoms with Crippen molar-refractivity contribution in [2.24, 2.45) is 0 Å². The van der Waals surface area contributed by atoms with Crippen molar-refractivity contribution in [2.45, 2.75) is 0 Å². The molecule has 0 atom stereocenters. The molecule has 0 spiro atoms. The van der Waals surface area contributed by atoms with Crippen molar-refractivity contribution < 1.29 is 0 Å². The fourth-order valence-electron chi connectivity index (χ4n) is 7.25. The highest BCUT2D eigenvalue weighted by atomic mass is 15.0. The van der Waals surface area contributed by atoms with E-state index in [0.29, 0.717) is 11.1 Å². The van der Waals surface area contributed by atoms with E-state index in [4.69, 9.17) is 0 Å². The zero-order chi connectivity index (χ0) is 32.2. The molecule has 2 aromatic heterocycles. The summed E-state index contributed by atoms with van der Waals surface area (Å²) < 4.78 is 4.49. The lowest BCUT2D eigenvalue weighted by molar-refractivity contribution is 1.17. The van der Waals surface area contributed by atoms with Gasteiger partial charge >= 0.3 is 0 Å². The average molecular weight is 611 g/mol. The zero-order valence-electron chi connectivity index (χ0n) is 25.8. The van der Waals surface area contributed by atoms with Gasteiger partial charge in [-0.1, -0.05) is 103 Å². The SMILES string of the molecule is N#Cc1ccc2c3ccccc3n(-c3cc(-c4cccc(-c5ccccc5-n5c6ccccc6c6ccccc65)c4)ccc3C#N)c2c1. The molecule has 2 heterocycles. The Labute approximate surface area is 277 Å². The van der Waals surface area contributed by atoms with Crippen LogP contribution in [0.15, 0.2) is 158 Å². The molecule has 222 valence electrons. The molecule has 7 aromatic carbocycles. The summed E-state index contributed by atoms with van der Waals surface area (Å²) in [7, 11) is 0. The normalized spacial score (nSPS) is 11.3. The molecule has 4 nitrogen and oxygen atoms in total. The van der Waals surface area contributed by atoms with Crippen LogP contribution in [0.4, 0.5) is 0 Å². The van der Waals surface area contributed by atoms with Crippen LogP contribution in [0.3, 0.4) is 0 Å². The molecule has 0 fully saturated rings. The lowest BCUT2D eigenvalue weighted by Gasteiger charge is -2.15. The van der Waals surface area contributed by atoms with Crippen molar-refractivity contribution in [1.29, 1.82) is 10.5 Å². The highest BCUT2D eigenvalue weighted by Crippen LogP contribution is 2.38. The summed E-state index contributed by atoms with van der Waals surface area (Å²) >= 11 is 0. The van der Waals surface area contributed by atoms with Gasteiger partial charge < -0.3 is 9.13 Å². The third-order valence-corrected chi connectivity index (χ3v) is 9.39. The van der Waals surface area contributed by atoms with Gasteiger partial charge in [-0.2, -0.15) is 10.5 Å². The second kappa shape index (κ2) is 10.9. The van der Waals surface area contributed by atoms with Crippen LogP contribution < -0.4 is 0 Å². The van der Waals surface area contributed by atoms with Gasteiger partial charge in [0.25, 0.3) is 0 Å². The highest BCUT2D eigenvalue weighted by Gasteiger charge is 2.18. The number of benzene rings is 7. The van der Waals surface area contributed by atoms with Crippen molar-refractivity contribution in [1.82, 2.24) is 9.13 Å². The van der Waals surface area contributed by atoms with E-state index in [-0.39, 0.29) is 0 Å². The van der Waals surface area contributed by atoms with Crippen LogP contribution in [-0.4, -0.2) is 9.13 Å². The van der Waals surface area contributed by atoms with Crippen LogP contribution in [0, 0.1) is 22.7 Å². The molecule has 0 unspecified atom stereocenters. The molecular formula is C44H26N4. The first-order valence-electron chi connectivity index (χ1n) is 15.9. The maximum atomic E-state index is 10.3. The van der Waals surface area contributed by atoms with E-state index >= 15 is 0 Å². The maximum Gasteiger partial charge on any atom is 0.101 e. The predicted octanol–water partition coefficient (Wildman–Crippen LogP) is 11.0. The number of nitrogens with zero attached hydrogens (tertiary/aromatic N) is 4. The second-order valence-corrected chi connectivity index (χ2v) is 12.0. The van der Waals surface area contributed by atoms with Gasteiger partial charge in [-0.25, -0.2) is 0 Å². The molecule has 48 heavy (non-hydrogen) atoms. The molecule has 0 bridgehead atoms. The first-order chi connectivity index (χ1) is 23.7. The molecule has 0 radical (unpaired) electrons. The van der Waals surface area contributed by atoms with Crippen molar-refractivity contribution in [2.75, 3.05) is 0 Å². The minimum atomic E-state index is 0.566. The molecule has 0 saturated carbocycles. The van der Waals surface area contributed by atoms with Crippen LogP contribution in [0.2, 0.25) is 0 Å². The van der Waals surface area contributed by atoms with Crippen LogP contribution in [-0.2, 0) is 0 Å². The standard InChI is InChI=1S/C44H26N4/c45-27-29-20-23-38-37-15-4-8-19-42(37)48(44(38)24-29)43-26-31(21-22-33(43)28-46)30-10-9-11-32(25-30)34-12-1-5-16-39(34)47-40-17-6-2-13-35(40)36-14-3-7-18-41(36)47/h1-26H. The lowest BCUT2D eigenvalue weighted by Crippen LogP contribution is -1.99. The predicted molar refractivity (Wildman–Crippen MR) is 195 cm³/mol. The van der Waals surface area contributed by atoms with Gasteiger partial charge in [0.2, 0.25) is 0 Å². The van der Waals surface area contributed by atoms with Crippen molar-refractivity contribution in [3.8, 4) is 45.8 Å². The number of hydrogen-bond donors (Lipinski definition) is 0. The number of aromatic nitrogens is 2. The molecule has 0 saturated heterocycles. The molecule has 0 aliphatic carbocycles. The fourth-order valence-corrected chi connectivity index (χ4v) is 7.25. The lowest BCUT2D eigenvalue weighted by atomic mass is 9.96. The summed E-state index contributed by atoms with van der Waals surface area (Å²) in [5, 5.41) is 24.6. The monoisotopic (exact) mass is 610 g/mol. The number of fused-ring (bicyclic) bond motifs is 6. The number of rotatable bonds is 4. The largest absolute Gasteiger partial charge is 0.309 e. The molecular weight excluding hydrogens is 585 g/mol. The fraction of sp³-hybridized carbons (Fsp3) is 0. The van der Waals surface area contributed by atoms with Crippen LogP contribution in [0.5, 0.6) is 0 Å².